The first-order valence-corrected chi connectivity index (χ1v) is 4.31. The molecule has 76 valence electrons. The Hall–Kier alpha value is -1.39. The minimum absolute atomic E-state index is 0.208. The van der Waals surface area contributed by atoms with Crippen molar-refractivity contribution in [2.75, 3.05) is 13.2 Å². The van der Waals surface area contributed by atoms with Crippen molar-refractivity contribution in [3.8, 4) is 0 Å². The number of benzene rings is 1. The fourth-order valence-corrected chi connectivity index (χ4v) is 1.33. The second kappa shape index (κ2) is 4.74. The Kier molecular flexibility index (Phi) is 3.62. The van der Waals surface area contributed by atoms with Crippen LogP contribution in [-0.2, 0) is 0 Å². The van der Waals surface area contributed by atoms with Gasteiger partial charge in [0.05, 0.1) is 13.2 Å². The van der Waals surface area contributed by atoms with Gasteiger partial charge in [-0.2, -0.15) is 0 Å². The highest BCUT2D eigenvalue weighted by Crippen LogP contribution is 2.18. The van der Waals surface area contributed by atoms with Crippen LogP contribution in [-0.4, -0.2) is 29.3 Å². The van der Waals surface area contributed by atoms with Crippen molar-refractivity contribution < 1.29 is 15.0 Å². The van der Waals surface area contributed by atoms with E-state index < -0.39 is 11.8 Å². The summed E-state index contributed by atoms with van der Waals surface area (Å²) in [6, 6.07) is 6.68. The average molecular weight is 195 g/mol. The molecule has 0 atom stereocenters. The number of carbonyl (C=O) groups is 1. The molecule has 0 spiro atoms. The standard InChI is InChI=1S/C10H13NO3/c11-10(14)9-4-2-1-3-8(9)7(5-12)6-13/h1-4,7,12-13H,5-6H2,(H2,11,14). The zero-order chi connectivity index (χ0) is 10.6. The van der Waals surface area contributed by atoms with Gasteiger partial charge in [0.1, 0.15) is 0 Å². The summed E-state index contributed by atoms with van der Waals surface area (Å²) in [5, 5.41) is 17.9. The maximum Gasteiger partial charge on any atom is 0.248 e. The molecule has 0 bridgehead atoms. The molecule has 1 amide bonds. The van der Waals surface area contributed by atoms with Gasteiger partial charge < -0.3 is 15.9 Å². The monoisotopic (exact) mass is 195 g/mol. The normalized spacial score (nSPS) is 10.5. The lowest BCUT2D eigenvalue weighted by molar-refractivity contribution is 0.0997. The molecule has 0 fully saturated rings. The Balaban J connectivity index is 3.11. The summed E-state index contributed by atoms with van der Waals surface area (Å²) < 4.78 is 0. The predicted molar refractivity (Wildman–Crippen MR) is 51.9 cm³/mol. The average Bonchev–Trinajstić information content (AvgIpc) is 2.20. The van der Waals surface area contributed by atoms with Gasteiger partial charge in [0.2, 0.25) is 5.91 Å². The minimum atomic E-state index is -0.549. The van der Waals surface area contributed by atoms with Crippen LogP contribution >= 0.6 is 0 Å². The van der Waals surface area contributed by atoms with Crippen molar-refractivity contribution in [2.45, 2.75) is 5.92 Å². The van der Waals surface area contributed by atoms with Crippen molar-refractivity contribution >= 4 is 5.91 Å². The molecular formula is C10H13NO3. The van der Waals surface area contributed by atoms with Gasteiger partial charge in [-0.3, -0.25) is 4.79 Å². The van der Waals surface area contributed by atoms with Gasteiger partial charge in [-0.05, 0) is 11.6 Å². The molecule has 4 nitrogen and oxygen atoms in total. The third-order valence-corrected chi connectivity index (χ3v) is 2.11. The van der Waals surface area contributed by atoms with Gasteiger partial charge in [0.15, 0.2) is 0 Å². The number of rotatable bonds is 4. The fourth-order valence-electron chi connectivity index (χ4n) is 1.33. The lowest BCUT2D eigenvalue weighted by atomic mass is 9.95. The van der Waals surface area contributed by atoms with Crippen LogP contribution in [0.5, 0.6) is 0 Å². The van der Waals surface area contributed by atoms with Crippen molar-refractivity contribution in [1.29, 1.82) is 0 Å². The molecule has 0 heterocycles. The number of aliphatic hydroxyl groups is 2. The lowest BCUT2D eigenvalue weighted by Gasteiger charge is -2.13. The zero-order valence-electron chi connectivity index (χ0n) is 7.68. The van der Waals surface area contributed by atoms with E-state index in [1.807, 2.05) is 0 Å². The molecule has 14 heavy (non-hydrogen) atoms. The van der Waals surface area contributed by atoms with Gasteiger partial charge in [-0.1, -0.05) is 18.2 Å². The maximum atomic E-state index is 11.0. The van der Waals surface area contributed by atoms with Crippen molar-refractivity contribution in [2.24, 2.45) is 5.73 Å². The van der Waals surface area contributed by atoms with E-state index in [4.69, 9.17) is 15.9 Å². The summed E-state index contributed by atoms with van der Waals surface area (Å²) in [4.78, 5) is 11.0. The third-order valence-electron chi connectivity index (χ3n) is 2.11. The Bertz CT molecular complexity index is 321. The number of amides is 1. The van der Waals surface area contributed by atoms with E-state index in [1.54, 1.807) is 24.3 Å². The summed E-state index contributed by atoms with van der Waals surface area (Å²) in [5.41, 5.74) is 6.10. The van der Waals surface area contributed by atoms with Crippen molar-refractivity contribution in [3.63, 3.8) is 0 Å². The highest BCUT2D eigenvalue weighted by Gasteiger charge is 2.15. The smallest absolute Gasteiger partial charge is 0.248 e. The third kappa shape index (κ3) is 2.10. The Morgan fingerprint density at radius 2 is 1.86 bits per heavy atom. The summed E-state index contributed by atoms with van der Waals surface area (Å²) >= 11 is 0. The molecule has 1 aromatic carbocycles. The largest absolute Gasteiger partial charge is 0.396 e. The van der Waals surface area contributed by atoms with Crippen molar-refractivity contribution in [3.05, 3.63) is 35.4 Å². The predicted octanol–water partition coefficient (Wildman–Crippen LogP) is -0.146. The van der Waals surface area contributed by atoms with Gasteiger partial charge in [-0.25, -0.2) is 0 Å². The van der Waals surface area contributed by atoms with Gasteiger partial charge >= 0.3 is 0 Å². The second-order valence-corrected chi connectivity index (χ2v) is 3.01. The van der Waals surface area contributed by atoms with E-state index in [0.29, 0.717) is 11.1 Å². The molecule has 0 unspecified atom stereocenters. The molecule has 1 aromatic rings. The van der Waals surface area contributed by atoms with Crippen LogP contribution in [0, 0.1) is 0 Å². The second-order valence-electron chi connectivity index (χ2n) is 3.01. The molecule has 4 N–H and O–H groups in total. The number of hydrogen-bond donors (Lipinski definition) is 3. The molecule has 0 radical (unpaired) electrons. The molecule has 1 rings (SSSR count). The number of primary amides is 1. The molecule has 0 aliphatic heterocycles. The van der Waals surface area contributed by atoms with Gasteiger partial charge in [-0.15, -0.1) is 0 Å². The quantitative estimate of drug-likeness (QED) is 0.625. The Morgan fingerprint density at radius 3 is 2.36 bits per heavy atom. The molecule has 0 aliphatic rings. The summed E-state index contributed by atoms with van der Waals surface area (Å²) in [7, 11) is 0. The van der Waals surface area contributed by atoms with E-state index in [9.17, 15) is 4.79 Å². The highest BCUT2D eigenvalue weighted by atomic mass is 16.3. The van der Waals surface area contributed by atoms with Crippen LogP contribution in [0.3, 0.4) is 0 Å². The fraction of sp³-hybridized carbons (Fsp3) is 0.300. The number of nitrogens with two attached hydrogens (primary N) is 1. The van der Waals surface area contributed by atoms with Crippen LogP contribution in [0.25, 0.3) is 0 Å². The van der Waals surface area contributed by atoms with Crippen LogP contribution in [0.15, 0.2) is 24.3 Å². The highest BCUT2D eigenvalue weighted by molar-refractivity contribution is 5.94. The zero-order valence-corrected chi connectivity index (χ0v) is 7.68. The molecule has 0 aliphatic carbocycles. The van der Waals surface area contributed by atoms with Crippen LogP contribution in [0.4, 0.5) is 0 Å². The van der Waals surface area contributed by atoms with E-state index in [-0.39, 0.29) is 13.2 Å². The molecule has 0 saturated carbocycles. The number of aliphatic hydroxyl groups excluding tert-OH is 2. The van der Waals surface area contributed by atoms with E-state index in [2.05, 4.69) is 0 Å². The summed E-state index contributed by atoms with van der Waals surface area (Å²) in [6.45, 7) is -0.415. The van der Waals surface area contributed by atoms with E-state index in [1.165, 1.54) is 0 Å². The molecule has 0 aromatic heterocycles. The molecular weight excluding hydrogens is 182 g/mol. The van der Waals surface area contributed by atoms with Gasteiger partial charge in [0, 0.05) is 11.5 Å². The SMILES string of the molecule is NC(=O)c1ccccc1C(CO)CO. The van der Waals surface area contributed by atoms with Gasteiger partial charge in [0.25, 0.3) is 0 Å². The topological polar surface area (TPSA) is 83.6 Å². The first kappa shape index (κ1) is 10.7. The first-order valence-electron chi connectivity index (χ1n) is 4.31. The molecule has 4 heteroatoms. The molecule has 0 saturated heterocycles. The Labute approximate surface area is 82.0 Å². The number of carbonyl (C=O) groups excluding carboxylic acids is 1. The number of hydrogen-bond acceptors (Lipinski definition) is 3. The minimum Gasteiger partial charge on any atom is -0.396 e. The van der Waals surface area contributed by atoms with Crippen LogP contribution in [0.1, 0.15) is 21.8 Å². The van der Waals surface area contributed by atoms with Crippen molar-refractivity contribution in [1.82, 2.24) is 0 Å². The van der Waals surface area contributed by atoms with E-state index in [0.717, 1.165) is 0 Å². The maximum absolute atomic E-state index is 11.0. The van der Waals surface area contributed by atoms with Crippen LogP contribution in [0.2, 0.25) is 0 Å². The Morgan fingerprint density at radius 1 is 1.29 bits per heavy atom. The lowest BCUT2D eigenvalue weighted by Crippen LogP contribution is -2.18. The summed E-state index contributed by atoms with van der Waals surface area (Å²) in [5.74, 6) is -0.994. The summed E-state index contributed by atoms with van der Waals surface area (Å²) in [6.07, 6.45) is 0. The van der Waals surface area contributed by atoms with E-state index >= 15 is 0 Å². The first-order chi connectivity index (χ1) is 6.70. The van der Waals surface area contributed by atoms with Crippen LogP contribution < -0.4 is 5.73 Å².